The predicted octanol–water partition coefficient (Wildman–Crippen LogP) is 2.23. The van der Waals surface area contributed by atoms with E-state index in [-0.39, 0.29) is 44.4 Å². The van der Waals surface area contributed by atoms with Crippen LogP contribution in [0.25, 0.3) is 0 Å². The summed E-state index contributed by atoms with van der Waals surface area (Å²) < 4.78 is 5.34. The molecule has 0 spiro atoms. The van der Waals surface area contributed by atoms with Crippen molar-refractivity contribution >= 4 is 41.1 Å². The molecular formula is C23H29ClN2O7. The molecule has 33 heavy (non-hydrogen) atoms. The lowest BCUT2D eigenvalue weighted by atomic mass is 9.93. The van der Waals surface area contributed by atoms with Crippen LogP contribution in [0.1, 0.15) is 45.1 Å². The van der Waals surface area contributed by atoms with E-state index in [2.05, 4.69) is 5.32 Å². The van der Waals surface area contributed by atoms with Crippen LogP contribution < -0.4 is 10.1 Å². The molecule has 0 radical (unpaired) electrons. The van der Waals surface area contributed by atoms with Crippen LogP contribution in [0.5, 0.6) is 5.75 Å². The van der Waals surface area contributed by atoms with Crippen LogP contribution in [-0.4, -0.2) is 59.2 Å². The van der Waals surface area contributed by atoms with Gasteiger partial charge in [0.2, 0.25) is 17.7 Å². The highest BCUT2D eigenvalue weighted by Crippen LogP contribution is 2.29. The van der Waals surface area contributed by atoms with Gasteiger partial charge in [0.1, 0.15) is 11.8 Å². The fourth-order valence-electron chi connectivity index (χ4n) is 3.72. The maximum atomic E-state index is 13.2. The smallest absolute Gasteiger partial charge is 0.325 e. The van der Waals surface area contributed by atoms with Gasteiger partial charge in [0.25, 0.3) is 0 Å². The monoisotopic (exact) mass is 480 g/mol. The number of carboxylic acids is 1. The quantitative estimate of drug-likeness (QED) is 0.554. The Kier molecular flexibility index (Phi) is 9.40. The van der Waals surface area contributed by atoms with Crippen LogP contribution in [0.4, 0.5) is 0 Å². The number of rotatable bonds is 9. The number of carboxylic acid groups (broad SMARTS) is 1. The summed E-state index contributed by atoms with van der Waals surface area (Å²) in [7, 11) is 1.50. The van der Waals surface area contributed by atoms with Crippen LogP contribution >= 0.6 is 11.6 Å². The van der Waals surface area contributed by atoms with Crippen LogP contribution in [-0.2, 0) is 30.4 Å². The Balaban J connectivity index is 2.18. The molecule has 1 unspecified atom stereocenters. The standard InChI is InChI=1S/C23H29ClN2O7/c1-4-14(21(29)25-13(2)23(31)32)11-20(28)26-12-18(27)7-5-15(22(26)30)9-16-10-17(24)6-8-19(16)33-3/h6,8,10,13-15H,4-5,7,9,11-12H2,1-3H3,(H,25,29)(H,31,32)/t13-,14-,15?/m0/s1. The van der Waals surface area contributed by atoms with Gasteiger partial charge < -0.3 is 15.2 Å². The largest absolute Gasteiger partial charge is 0.496 e. The molecule has 2 N–H and O–H groups in total. The lowest BCUT2D eigenvalue weighted by Gasteiger charge is -2.25. The van der Waals surface area contributed by atoms with Crippen molar-refractivity contribution in [2.45, 2.75) is 52.0 Å². The maximum absolute atomic E-state index is 13.2. The average Bonchev–Trinajstić information content (AvgIpc) is 2.90. The second kappa shape index (κ2) is 11.8. The molecule has 3 atom stereocenters. The predicted molar refractivity (Wildman–Crippen MR) is 120 cm³/mol. The third kappa shape index (κ3) is 7.02. The van der Waals surface area contributed by atoms with E-state index in [1.165, 1.54) is 14.0 Å². The number of hydrogen-bond donors (Lipinski definition) is 2. The van der Waals surface area contributed by atoms with Gasteiger partial charge >= 0.3 is 5.97 Å². The number of nitrogens with zero attached hydrogens (tertiary/aromatic N) is 1. The second-order valence-electron chi connectivity index (χ2n) is 8.13. The van der Waals surface area contributed by atoms with Gasteiger partial charge in [-0.15, -0.1) is 0 Å². The zero-order valence-corrected chi connectivity index (χ0v) is 19.7. The van der Waals surface area contributed by atoms with Crippen molar-refractivity contribution in [2.24, 2.45) is 11.8 Å². The highest BCUT2D eigenvalue weighted by Gasteiger charge is 2.36. The maximum Gasteiger partial charge on any atom is 0.325 e. The van der Waals surface area contributed by atoms with Gasteiger partial charge in [0, 0.05) is 29.7 Å². The summed E-state index contributed by atoms with van der Waals surface area (Å²) in [6, 6.07) is 3.93. The van der Waals surface area contributed by atoms with Crippen LogP contribution in [0, 0.1) is 11.8 Å². The molecular weight excluding hydrogens is 452 g/mol. The van der Waals surface area contributed by atoms with Gasteiger partial charge in [-0.1, -0.05) is 18.5 Å². The van der Waals surface area contributed by atoms with Gasteiger partial charge in [-0.3, -0.25) is 28.9 Å². The highest BCUT2D eigenvalue weighted by atomic mass is 35.5. The van der Waals surface area contributed by atoms with Crippen molar-refractivity contribution in [2.75, 3.05) is 13.7 Å². The van der Waals surface area contributed by atoms with Crippen LogP contribution in [0.3, 0.4) is 0 Å². The minimum Gasteiger partial charge on any atom is -0.496 e. The number of aliphatic carboxylic acids is 1. The molecule has 1 fully saturated rings. The van der Waals surface area contributed by atoms with Gasteiger partial charge in [0.15, 0.2) is 5.78 Å². The Morgan fingerprint density at radius 3 is 2.61 bits per heavy atom. The third-order valence-corrected chi connectivity index (χ3v) is 5.98. The Bertz CT molecular complexity index is 933. The number of nitrogens with one attached hydrogen (secondary N) is 1. The molecule has 2 rings (SSSR count). The van der Waals surface area contributed by atoms with Gasteiger partial charge in [-0.05, 0) is 49.9 Å². The fraction of sp³-hybridized carbons (Fsp3) is 0.522. The minimum absolute atomic E-state index is 0.150. The van der Waals surface area contributed by atoms with E-state index >= 15 is 0 Å². The molecule has 0 aromatic heterocycles. The van der Waals surface area contributed by atoms with Gasteiger partial charge in [-0.25, -0.2) is 0 Å². The summed E-state index contributed by atoms with van der Waals surface area (Å²) in [5.41, 5.74) is 0.693. The molecule has 180 valence electrons. The average molecular weight is 481 g/mol. The van der Waals surface area contributed by atoms with Crippen molar-refractivity contribution < 1.29 is 33.8 Å². The van der Waals surface area contributed by atoms with Crippen molar-refractivity contribution in [1.82, 2.24) is 10.2 Å². The molecule has 9 nitrogen and oxygen atoms in total. The highest BCUT2D eigenvalue weighted by molar-refractivity contribution is 6.30. The summed E-state index contributed by atoms with van der Waals surface area (Å²) in [5.74, 6) is -4.05. The number of imide groups is 1. The Morgan fingerprint density at radius 2 is 2.00 bits per heavy atom. The molecule has 10 heteroatoms. The first kappa shape index (κ1) is 26.3. The van der Waals surface area contributed by atoms with Crippen LogP contribution in [0.15, 0.2) is 18.2 Å². The van der Waals surface area contributed by atoms with Crippen molar-refractivity contribution in [3.8, 4) is 5.75 Å². The molecule has 1 aliphatic heterocycles. The lowest BCUT2D eigenvalue weighted by molar-refractivity contribution is -0.150. The lowest BCUT2D eigenvalue weighted by Crippen LogP contribution is -2.45. The Hall–Kier alpha value is -2.94. The number of likely N-dealkylation sites (tertiary alicyclic amines) is 1. The number of hydrogen-bond acceptors (Lipinski definition) is 6. The zero-order valence-electron chi connectivity index (χ0n) is 18.9. The number of benzene rings is 1. The van der Waals surface area contributed by atoms with E-state index < -0.39 is 41.6 Å². The van der Waals surface area contributed by atoms with E-state index in [1.807, 2.05) is 0 Å². The summed E-state index contributed by atoms with van der Waals surface area (Å²) in [6.45, 7) is 2.66. The number of ketones is 1. The summed E-state index contributed by atoms with van der Waals surface area (Å²) >= 11 is 6.09. The SMILES string of the molecule is CC[C@@H](CC(=O)N1CC(=O)CCC(Cc2cc(Cl)ccc2OC)C1=O)C(=O)N[C@@H](C)C(=O)O. The van der Waals surface area contributed by atoms with E-state index in [1.54, 1.807) is 25.1 Å². The molecule has 0 saturated carbocycles. The topological polar surface area (TPSA) is 130 Å². The number of carbonyl (C=O) groups excluding carboxylic acids is 4. The van der Waals surface area contributed by atoms with E-state index in [9.17, 15) is 24.0 Å². The van der Waals surface area contributed by atoms with E-state index in [0.717, 1.165) is 4.90 Å². The first-order chi connectivity index (χ1) is 15.6. The second-order valence-corrected chi connectivity index (χ2v) is 8.57. The van der Waals surface area contributed by atoms with Crippen molar-refractivity contribution in [3.05, 3.63) is 28.8 Å². The minimum atomic E-state index is -1.20. The Labute approximate surface area is 197 Å². The number of methoxy groups -OCH3 is 1. The normalized spacial score (nSPS) is 18.3. The van der Waals surface area contributed by atoms with Gasteiger partial charge in [0.05, 0.1) is 13.7 Å². The van der Waals surface area contributed by atoms with E-state index in [4.69, 9.17) is 21.4 Å². The summed E-state index contributed by atoms with van der Waals surface area (Å²) in [6.07, 6.45) is 0.638. The molecule has 1 heterocycles. The number of halogens is 1. The van der Waals surface area contributed by atoms with E-state index in [0.29, 0.717) is 16.3 Å². The first-order valence-electron chi connectivity index (χ1n) is 10.8. The molecule has 1 aromatic rings. The number of amides is 3. The zero-order chi connectivity index (χ0) is 24.7. The van der Waals surface area contributed by atoms with Crippen molar-refractivity contribution in [1.29, 1.82) is 0 Å². The Morgan fingerprint density at radius 1 is 1.30 bits per heavy atom. The number of carbonyl (C=O) groups is 5. The van der Waals surface area contributed by atoms with Crippen molar-refractivity contribution in [3.63, 3.8) is 0 Å². The molecule has 0 bridgehead atoms. The summed E-state index contributed by atoms with van der Waals surface area (Å²) in [5, 5.41) is 11.8. The molecule has 1 saturated heterocycles. The molecule has 3 amide bonds. The summed E-state index contributed by atoms with van der Waals surface area (Å²) in [4.78, 5) is 62.8. The number of ether oxygens (including phenoxy) is 1. The number of Topliss-reactive ketones (excluding diaryl/α,β-unsaturated/α-hetero) is 1. The molecule has 1 aromatic carbocycles. The fourth-order valence-corrected chi connectivity index (χ4v) is 3.92. The van der Waals surface area contributed by atoms with Crippen LogP contribution in [0.2, 0.25) is 5.02 Å². The molecule has 0 aliphatic carbocycles. The first-order valence-corrected chi connectivity index (χ1v) is 11.2. The van der Waals surface area contributed by atoms with Gasteiger partial charge in [-0.2, -0.15) is 0 Å². The molecule has 1 aliphatic rings. The third-order valence-electron chi connectivity index (χ3n) is 5.74.